The summed E-state index contributed by atoms with van der Waals surface area (Å²) < 4.78 is 27.4. The average molecular weight is 560 g/mol. The number of nitrogens with one attached hydrogen (secondary N) is 1. The molecule has 6 rings (SSSR count). The molecular weight excluding hydrogens is 548 g/mol. The van der Waals surface area contributed by atoms with E-state index in [0.29, 0.717) is 0 Å². The number of pyridine rings is 1. The summed E-state index contributed by atoms with van der Waals surface area (Å²) in [5.41, 5.74) is -1.50. The van der Waals surface area contributed by atoms with Gasteiger partial charge in [-0.15, -0.1) is 0 Å². The van der Waals surface area contributed by atoms with Crippen molar-refractivity contribution >= 4 is 75.6 Å². The van der Waals surface area contributed by atoms with E-state index in [9.17, 15) is 23.2 Å². The van der Waals surface area contributed by atoms with Crippen molar-refractivity contribution in [3.8, 4) is 0 Å². The number of aromatic nitrogens is 1. The summed E-state index contributed by atoms with van der Waals surface area (Å²) >= 11 is 24.7. The van der Waals surface area contributed by atoms with Gasteiger partial charge in [0.1, 0.15) is 16.5 Å². The van der Waals surface area contributed by atoms with E-state index < -0.39 is 47.2 Å². The van der Waals surface area contributed by atoms with Crippen molar-refractivity contribution in [2.45, 2.75) is 18.0 Å². The van der Waals surface area contributed by atoms with Crippen LogP contribution in [0.4, 0.5) is 20.3 Å². The quantitative estimate of drug-likeness (QED) is 0.397. The molecule has 1 N–H and O–H groups in total. The monoisotopic (exact) mass is 558 g/mol. The van der Waals surface area contributed by atoms with Gasteiger partial charge in [-0.3, -0.25) is 19.3 Å². The topological polar surface area (TPSA) is 82.6 Å². The van der Waals surface area contributed by atoms with Crippen LogP contribution in [0.3, 0.4) is 0 Å². The van der Waals surface area contributed by atoms with Crippen LogP contribution in [0.1, 0.15) is 12.0 Å². The number of imide groups is 1. The summed E-state index contributed by atoms with van der Waals surface area (Å²) in [6, 6.07) is 4.69. The van der Waals surface area contributed by atoms with Gasteiger partial charge in [0.25, 0.3) is 12.0 Å². The molecule has 4 atom stereocenters. The number of anilines is 2. The fourth-order valence-corrected chi connectivity index (χ4v) is 7.01. The minimum absolute atomic E-state index is 0.0467. The maximum absolute atomic E-state index is 13.9. The Bertz CT molecular complexity index is 1400. The highest BCUT2D eigenvalue weighted by Gasteiger charge is 2.75. The largest absolute Gasteiger partial charge is 0.323 e. The van der Waals surface area contributed by atoms with Gasteiger partial charge in [-0.1, -0.05) is 46.4 Å². The molecule has 0 aliphatic carbocycles. The molecule has 1 aromatic carbocycles. The number of carbonyl (C=O) groups excluding carboxylic acids is 3. The molecule has 5 heterocycles. The lowest BCUT2D eigenvalue weighted by Crippen LogP contribution is -2.54. The molecule has 4 aliphatic heterocycles. The van der Waals surface area contributed by atoms with Crippen molar-refractivity contribution in [2.75, 3.05) is 16.8 Å². The van der Waals surface area contributed by atoms with Crippen LogP contribution in [-0.2, 0) is 19.9 Å². The molecule has 7 nitrogen and oxygen atoms in total. The highest BCUT2D eigenvalue weighted by Crippen LogP contribution is 2.62. The Morgan fingerprint density at radius 2 is 1.74 bits per heavy atom. The highest BCUT2D eigenvalue weighted by molar-refractivity contribution is 6.38. The third kappa shape index (κ3) is 2.93. The first-order chi connectivity index (χ1) is 16.5. The normalized spacial score (nSPS) is 29.2. The van der Waals surface area contributed by atoms with E-state index in [2.05, 4.69) is 10.3 Å². The Hall–Kier alpha value is -2.30. The number of benzene rings is 1. The van der Waals surface area contributed by atoms with Crippen molar-refractivity contribution in [2.24, 2.45) is 11.8 Å². The Morgan fingerprint density at radius 3 is 2.43 bits per heavy atom. The van der Waals surface area contributed by atoms with Crippen LogP contribution < -0.4 is 10.2 Å². The Labute approximate surface area is 216 Å². The van der Waals surface area contributed by atoms with Gasteiger partial charge in [-0.05, 0) is 24.6 Å². The Morgan fingerprint density at radius 1 is 1.03 bits per heavy atom. The first kappa shape index (κ1) is 23.1. The van der Waals surface area contributed by atoms with Crippen LogP contribution in [0, 0.1) is 11.8 Å². The van der Waals surface area contributed by atoms with E-state index in [4.69, 9.17) is 46.4 Å². The van der Waals surface area contributed by atoms with E-state index in [-0.39, 0.29) is 55.8 Å². The minimum atomic E-state index is -1.88. The molecule has 0 bridgehead atoms. The van der Waals surface area contributed by atoms with E-state index in [1.807, 2.05) is 0 Å². The van der Waals surface area contributed by atoms with E-state index in [1.54, 1.807) is 0 Å². The third-order valence-electron chi connectivity index (χ3n) is 7.18. The molecule has 3 fully saturated rings. The molecule has 4 aliphatic rings. The van der Waals surface area contributed by atoms with Crippen molar-refractivity contribution in [1.29, 1.82) is 0 Å². The lowest BCUT2D eigenvalue weighted by atomic mass is 9.75. The van der Waals surface area contributed by atoms with Gasteiger partial charge >= 0.3 is 0 Å². The summed E-state index contributed by atoms with van der Waals surface area (Å²) in [5, 5.41) is 3.10. The summed E-state index contributed by atoms with van der Waals surface area (Å²) in [6.45, 7) is -0.293. The zero-order valence-electron chi connectivity index (χ0n) is 17.3. The molecule has 3 saturated heterocycles. The lowest BCUT2D eigenvalue weighted by molar-refractivity contribution is -0.135. The minimum Gasteiger partial charge on any atom is -0.323 e. The Balaban J connectivity index is 1.60. The van der Waals surface area contributed by atoms with Gasteiger partial charge in [-0.25, -0.2) is 9.88 Å². The summed E-state index contributed by atoms with van der Waals surface area (Å²) in [5.74, 6) is -4.48. The number of hydrogen-bond donors (Lipinski definition) is 1. The summed E-state index contributed by atoms with van der Waals surface area (Å²) in [6.07, 6.45) is -2.07. The molecule has 13 heteroatoms. The molecular formula is C22H12Cl4F2N4O3. The van der Waals surface area contributed by atoms with Crippen LogP contribution in [0.5, 0.6) is 0 Å². The second-order valence-corrected chi connectivity index (χ2v) is 10.4. The first-order valence-corrected chi connectivity index (χ1v) is 11.9. The van der Waals surface area contributed by atoms with E-state index >= 15 is 0 Å². The van der Waals surface area contributed by atoms with Crippen LogP contribution in [-0.4, -0.2) is 40.2 Å². The van der Waals surface area contributed by atoms with Gasteiger partial charge in [0.15, 0.2) is 0 Å². The first-order valence-electron chi connectivity index (χ1n) is 10.4. The molecule has 1 spiro atoms. The number of hydrogen-bond acceptors (Lipinski definition) is 5. The molecule has 2 aromatic rings. The SMILES string of the molecule is O=C1C2C3CC(=C(F)F)CN3C3(C(=O)Nc4c(Cl)cc(Cl)cc43)C2C(=O)N1c1cc(Cl)cc(Cl)n1. The molecule has 35 heavy (non-hydrogen) atoms. The molecule has 1 aromatic heterocycles. The summed E-state index contributed by atoms with van der Waals surface area (Å²) in [4.78, 5) is 47.7. The van der Waals surface area contributed by atoms with Crippen molar-refractivity contribution in [3.05, 3.63) is 61.7 Å². The molecule has 4 unspecified atom stereocenters. The summed E-state index contributed by atoms with van der Waals surface area (Å²) in [7, 11) is 0. The number of halogens is 6. The van der Waals surface area contributed by atoms with Crippen LogP contribution in [0.2, 0.25) is 20.2 Å². The maximum atomic E-state index is 13.9. The maximum Gasteiger partial charge on any atom is 0.270 e. The van der Waals surface area contributed by atoms with Gasteiger partial charge in [0.2, 0.25) is 11.8 Å². The highest BCUT2D eigenvalue weighted by atomic mass is 35.5. The second-order valence-electron chi connectivity index (χ2n) is 8.78. The molecule has 0 radical (unpaired) electrons. The number of amides is 3. The van der Waals surface area contributed by atoms with Crippen molar-refractivity contribution < 1.29 is 23.2 Å². The lowest BCUT2D eigenvalue weighted by Gasteiger charge is -2.36. The smallest absolute Gasteiger partial charge is 0.270 e. The predicted octanol–water partition coefficient (Wildman–Crippen LogP) is 4.89. The van der Waals surface area contributed by atoms with Gasteiger partial charge in [0.05, 0.1) is 22.5 Å². The second kappa shape index (κ2) is 7.60. The zero-order valence-corrected chi connectivity index (χ0v) is 20.3. The van der Waals surface area contributed by atoms with Crippen LogP contribution >= 0.6 is 46.4 Å². The van der Waals surface area contributed by atoms with Gasteiger partial charge < -0.3 is 5.32 Å². The van der Waals surface area contributed by atoms with Crippen molar-refractivity contribution in [1.82, 2.24) is 9.88 Å². The predicted molar refractivity (Wildman–Crippen MR) is 125 cm³/mol. The fourth-order valence-electron chi connectivity index (χ4n) is 6.01. The van der Waals surface area contributed by atoms with Crippen molar-refractivity contribution in [3.63, 3.8) is 0 Å². The number of carbonyl (C=O) groups is 3. The third-order valence-corrected chi connectivity index (χ3v) is 8.11. The average Bonchev–Trinajstić information content (AvgIpc) is 3.44. The molecule has 180 valence electrons. The number of rotatable bonds is 1. The fraction of sp³-hybridized carbons (Fsp3) is 0.273. The molecule has 0 saturated carbocycles. The van der Waals surface area contributed by atoms with Gasteiger partial charge in [0, 0.05) is 39.8 Å². The van der Waals surface area contributed by atoms with E-state index in [1.165, 1.54) is 29.2 Å². The zero-order chi connectivity index (χ0) is 25.0. The van der Waals surface area contributed by atoms with Crippen LogP contribution in [0.25, 0.3) is 0 Å². The standard InChI is InChI=1S/C22H12Cl4F2N4O3/c23-8-2-10-17(11(25)3-8)30-21(35)22(10)16-15(12-1-7(18(27)28)6-31(12)22)19(33)32(20(16)34)14-5-9(24)4-13(26)29-14/h2-5,12,15-16H,1,6H2,(H,30,35). The number of nitrogens with zero attached hydrogens (tertiary/aromatic N) is 3. The number of fused-ring (bicyclic) bond motifs is 7. The van der Waals surface area contributed by atoms with E-state index in [0.717, 1.165) is 4.90 Å². The van der Waals surface area contributed by atoms with Crippen LogP contribution in [0.15, 0.2) is 35.9 Å². The Kier molecular flexibility index (Phi) is 5.02. The molecule has 3 amide bonds. The van der Waals surface area contributed by atoms with Gasteiger partial charge in [-0.2, -0.15) is 8.78 Å².